The van der Waals surface area contributed by atoms with Crippen molar-refractivity contribution in [2.24, 2.45) is 0 Å². The van der Waals surface area contributed by atoms with Gasteiger partial charge in [-0.1, -0.05) is 103 Å². The Kier molecular flexibility index (Phi) is 21.9. The highest BCUT2D eigenvalue weighted by molar-refractivity contribution is 7.80. The molecule has 0 saturated heterocycles. The third-order valence-corrected chi connectivity index (χ3v) is 4.69. The first kappa shape index (κ1) is 26.6. The second kappa shape index (κ2) is 19.7. The van der Waals surface area contributed by atoms with E-state index in [9.17, 15) is 8.42 Å². The molecule has 0 heterocycles. The predicted molar refractivity (Wildman–Crippen MR) is 107 cm³/mol. The molecule has 6 heteroatoms. The zero-order chi connectivity index (χ0) is 17.2. The maximum Gasteiger partial charge on any atom is 0.397 e. The molecule has 0 saturated carbocycles. The summed E-state index contributed by atoms with van der Waals surface area (Å²) in [6.07, 6.45) is 20.5. The van der Waals surface area contributed by atoms with E-state index in [4.69, 9.17) is 4.55 Å². The third-order valence-electron chi connectivity index (χ3n) is 4.23. The molecule has 146 valence electrons. The number of hydrogen-bond acceptors (Lipinski definition) is 3. The van der Waals surface area contributed by atoms with E-state index in [2.05, 4.69) is 11.1 Å². The lowest BCUT2D eigenvalue weighted by atomic mass is 10.0. The Bertz CT molecular complexity index is 334. The number of unbranched alkanes of at least 4 members (excludes halogenated alkanes) is 15. The summed E-state index contributed by atoms with van der Waals surface area (Å²) in [7, 11) is -4.24. The van der Waals surface area contributed by atoms with Crippen LogP contribution in [-0.4, -0.2) is 36.9 Å². The molecule has 1 N–H and O–H groups in total. The van der Waals surface area contributed by atoms with Crippen LogP contribution >= 0.6 is 0 Å². The lowest BCUT2D eigenvalue weighted by Gasteiger charge is -2.03. The largest absolute Gasteiger partial charge is 0.397 e. The first-order valence-corrected chi connectivity index (χ1v) is 11.0. The van der Waals surface area contributed by atoms with Crippen LogP contribution in [0.5, 0.6) is 0 Å². The fourth-order valence-electron chi connectivity index (χ4n) is 2.81. The maximum atomic E-state index is 10.3. The monoisotopic (exact) mass is 380 g/mol. The molecule has 0 aromatic rings. The summed E-state index contributed by atoms with van der Waals surface area (Å²) in [5.41, 5.74) is 0. The molecule has 0 amide bonds. The van der Waals surface area contributed by atoms with Crippen LogP contribution < -0.4 is 0 Å². The van der Waals surface area contributed by atoms with E-state index < -0.39 is 10.4 Å². The van der Waals surface area contributed by atoms with Crippen LogP contribution in [0.1, 0.15) is 110 Å². The molecule has 0 aromatic heterocycles. The molecular formula is C18H41AlO4S. The standard InChI is InChI=1S/C18H38O4S.Al.3H/c1-2-3-4-5-6-7-8-9-10-11-12-13-14-15-16-17-18-22-23(19,20)21;;;;/h2-18H2,1H3,(H,19,20,21);;;;. The quantitative estimate of drug-likeness (QED) is 0.209. The van der Waals surface area contributed by atoms with Gasteiger partial charge in [-0.2, -0.15) is 8.42 Å². The normalized spacial score (nSPS) is 11.4. The smallest absolute Gasteiger partial charge is 0.264 e. The molecule has 0 aliphatic carbocycles. The molecule has 0 rings (SSSR count). The summed E-state index contributed by atoms with van der Waals surface area (Å²) >= 11 is 0. The van der Waals surface area contributed by atoms with Crippen molar-refractivity contribution in [1.29, 1.82) is 0 Å². The highest BCUT2D eigenvalue weighted by Crippen LogP contribution is 2.13. The number of rotatable bonds is 18. The van der Waals surface area contributed by atoms with Crippen molar-refractivity contribution in [3.63, 3.8) is 0 Å². The SMILES string of the molecule is CCCCCCCCCCCCCCCCCCOS(=O)(=O)O.[AlH3]. The van der Waals surface area contributed by atoms with E-state index >= 15 is 0 Å². The van der Waals surface area contributed by atoms with Crippen LogP contribution in [-0.2, 0) is 14.6 Å². The van der Waals surface area contributed by atoms with E-state index in [0.29, 0.717) is 6.42 Å². The Morgan fingerprint density at radius 3 is 1.21 bits per heavy atom. The zero-order valence-corrected chi connectivity index (χ0v) is 15.9. The molecule has 0 unspecified atom stereocenters. The first-order valence-electron chi connectivity index (χ1n) is 9.68. The van der Waals surface area contributed by atoms with Gasteiger partial charge in [0.1, 0.15) is 0 Å². The molecule has 0 spiro atoms. The third kappa shape index (κ3) is 24.7. The average Bonchev–Trinajstić information content (AvgIpc) is 2.49. The summed E-state index contributed by atoms with van der Waals surface area (Å²) in [4.78, 5) is 0. The van der Waals surface area contributed by atoms with Gasteiger partial charge in [0.15, 0.2) is 17.4 Å². The lowest BCUT2D eigenvalue weighted by Crippen LogP contribution is -2.04. The summed E-state index contributed by atoms with van der Waals surface area (Å²) in [6, 6.07) is 0. The summed E-state index contributed by atoms with van der Waals surface area (Å²) < 4.78 is 33.3. The topological polar surface area (TPSA) is 63.6 Å². The van der Waals surface area contributed by atoms with E-state index in [1.54, 1.807) is 0 Å². The van der Waals surface area contributed by atoms with Crippen LogP contribution in [0.2, 0.25) is 0 Å². The maximum absolute atomic E-state index is 10.3. The van der Waals surface area contributed by atoms with Crippen LogP contribution in [0.15, 0.2) is 0 Å². The molecule has 0 fully saturated rings. The number of hydrogen-bond donors (Lipinski definition) is 1. The minimum absolute atomic E-state index is 0. The molecule has 0 aliphatic rings. The first-order chi connectivity index (χ1) is 11.1. The Balaban J connectivity index is 0. The van der Waals surface area contributed by atoms with Crippen molar-refractivity contribution in [2.75, 3.05) is 6.61 Å². The summed E-state index contributed by atoms with van der Waals surface area (Å²) in [6.45, 7) is 2.36. The molecule has 0 aliphatic heterocycles. The Morgan fingerprint density at radius 2 is 0.917 bits per heavy atom. The van der Waals surface area contributed by atoms with Gasteiger partial charge < -0.3 is 0 Å². The van der Waals surface area contributed by atoms with Gasteiger partial charge in [-0.05, 0) is 6.42 Å². The predicted octanol–water partition coefficient (Wildman–Crippen LogP) is 4.88. The lowest BCUT2D eigenvalue weighted by molar-refractivity contribution is 0.261. The molecule has 24 heavy (non-hydrogen) atoms. The summed E-state index contributed by atoms with van der Waals surface area (Å²) in [5.74, 6) is 0. The fraction of sp³-hybridized carbons (Fsp3) is 1.00. The van der Waals surface area contributed by atoms with Crippen molar-refractivity contribution >= 4 is 27.8 Å². The Hall–Kier alpha value is 0.402. The molecule has 0 aromatic carbocycles. The van der Waals surface area contributed by atoms with Crippen molar-refractivity contribution < 1.29 is 17.2 Å². The Labute approximate surface area is 161 Å². The summed E-state index contributed by atoms with van der Waals surface area (Å²) in [5, 5.41) is 0. The minimum atomic E-state index is -4.24. The highest BCUT2D eigenvalue weighted by Gasteiger charge is 2.02. The molecule has 0 atom stereocenters. The van der Waals surface area contributed by atoms with Gasteiger partial charge in [-0.15, -0.1) is 0 Å². The van der Waals surface area contributed by atoms with E-state index in [1.165, 1.54) is 83.5 Å². The molecule has 0 radical (unpaired) electrons. The molecular weight excluding hydrogens is 339 g/mol. The minimum Gasteiger partial charge on any atom is -0.264 e. The van der Waals surface area contributed by atoms with Gasteiger partial charge in [0, 0.05) is 0 Å². The zero-order valence-electron chi connectivity index (χ0n) is 15.1. The fourth-order valence-corrected chi connectivity index (χ4v) is 3.14. The van der Waals surface area contributed by atoms with E-state index in [-0.39, 0.29) is 24.0 Å². The highest BCUT2D eigenvalue weighted by atomic mass is 32.3. The van der Waals surface area contributed by atoms with Gasteiger partial charge in [0.05, 0.1) is 6.61 Å². The van der Waals surface area contributed by atoms with Crippen LogP contribution in [0.25, 0.3) is 0 Å². The molecule has 4 nitrogen and oxygen atoms in total. The van der Waals surface area contributed by atoms with Crippen molar-refractivity contribution in [1.82, 2.24) is 0 Å². The second-order valence-electron chi connectivity index (χ2n) is 6.55. The van der Waals surface area contributed by atoms with Gasteiger partial charge in [0.25, 0.3) is 0 Å². The Morgan fingerprint density at radius 1 is 0.625 bits per heavy atom. The van der Waals surface area contributed by atoms with Gasteiger partial charge in [-0.3, -0.25) is 4.55 Å². The van der Waals surface area contributed by atoms with Crippen LogP contribution in [0, 0.1) is 0 Å². The van der Waals surface area contributed by atoms with E-state index in [0.717, 1.165) is 12.8 Å². The van der Waals surface area contributed by atoms with Gasteiger partial charge in [-0.25, -0.2) is 4.18 Å². The van der Waals surface area contributed by atoms with E-state index in [1.807, 2.05) is 0 Å². The molecule has 0 bridgehead atoms. The second-order valence-corrected chi connectivity index (χ2v) is 7.64. The van der Waals surface area contributed by atoms with Crippen molar-refractivity contribution in [3.05, 3.63) is 0 Å². The van der Waals surface area contributed by atoms with Crippen LogP contribution in [0.3, 0.4) is 0 Å². The average molecular weight is 381 g/mol. The van der Waals surface area contributed by atoms with Crippen molar-refractivity contribution in [2.45, 2.75) is 110 Å². The van der Waals surface area contributed by atoms with Crippen molar-refractivity contribution in [3.8, 4) is 0 Å². The van der Waals surface area contributed by atoms with Gasteiger partial charge >= 0.3 is 10.4 Å². The van der Waals surface area contributed by atoms with Crippen LogP contribution in [0.4, 0.5) is 0 Å². The van der Waals surface area contributed by atoms with Gasteiger partial charge in [0.2, 0.25) is 0 Å².